The minimum Gasteiger partial charge on any atom is -0.423 e. The van der Waals surface area contributed by atoms with Crippen molar-refractivity contribution in [1.82, 2.24) is 0 Å². The summed E-state index contributed by atoms with van der Waals surface area (Å²) in [5, 5.41) is 11.2. The molecule has 0 unspecified atom stereocenters. The first-order valence-corrected chi connectivity index (χ1v) is 8.23. The lowest BCUT2D eigenvalue weighted by Gasteiger charge is -2.07. The van der Waals surface area contributed by atoms with E-state index in [0.29, 0.717) is 16.7 Å². The summed E-state index contributed by atoms with van der Waals surface area (Å²) in [6.45, 7) is 1.53. The number of carbonyl (C=O) groups excluding carboxylic acids is 2. The van der Waals surface area contributed by atoms with Crippen LogP contribution in [0.3, 0.4) is 0 Å². The number of nitro benzene ring substituents is 1. The Morgan fingerprint density at radius 2 is 1.50 bits per heavy atom. The maximum Gasteiger partial charge on any atom is 0.350 e. The molecule has 0 N–H and O–H groups in total. The third kappa shape index (κ3) is 3.93. The fourth-order valence-electron chi connectivity index (χ4n) is 2.67. The lowest BCUT2D eigenvalue weighted by atomic mass is 10.0. The number of halogens is 1. The number of aryl methyl sites for hydroxylation is 1. The van der Waals surface area contributed by atoms with E-state index < -0.39 is 16.7 Å². The van der Waals surface area contributed by atoms with Crippen LogP contribution in [-0.4, -0.2) is 16.7 Å². The van der Waals surface area contributed by atoms with Crippen molar-refractivity contribution in [2.45, 2.75) is 6.92 Å². The summed E-state index contributed by atoms with van der Waals surface area (Å²) in [5.41, 5.74) is 0.529. The first kappa shape index (κ1) is 18.9. The molecule has 0 aliphatic rings. The van der Waals surface area contributed by atoms with Gasteiger partial charge in [0, 0.05) is 16.7 Å². The minimum absolute atomic E-state index is 0.136. The van der Waals surface area contributed by atoms with Crippen LogP contribution in [-0.2, 0) is 0 Å². The molecule has 0 heterocycles. The number of ketones is 1. The molecule has 0 aliphatic carbocycles. The highest BCUT2D eigenvalue weighted by atomic mass is 19.1. The molecule has 28 heavy (non-hydrogen) atoms. The van der Waals surface area contributed by atoms with Gasteiger partial charge in [-0.1, -0.05) is 12.1 Å². The van der Waals surface area contributed by atoms with Gasteiger partial charge in [-0.15, -0.1) is 0 Å². The van der Waals surface area contributed by atoms with Gasteiger partial charge >= 0.3 is 5.97 Å². The zero-order valence-electron chi connectivity index (χ0n) is 14.7. The first-order valence-electron chi connectivity index (χ1n) is 8.23. The predicted octanol–water partition coefficient (Wildman–Crippen LogP) is 4.49. The smallest absolute Gasteiger partial charge is 0.350 e. The van der Waals surface area contributed by atoms with Crippen LogP contribution in [0.15, 0.2) is 66.7 Å². The topological polar surface area (TPSA) is 86.5 Å². The average Bonchev–Trinajstić information content (AvgIpc) is 2.68. The Morgan fingerprint density at radius 3 is 2.07 bits per heavy atom. The lowest BCUT2D eigenvalue weighted by molar-refractivity contribution is -0.385. The van der Waals surface area contributed by atoms with Crippen LogP contribution in [0.4, 0.5) is 10.1 Å². The molecular formula is C21H14FNO5. The predicted molar refractivity (Wildman–Crippen MR) is 99.1 cm³/mol. The van der Waals surface area contributed by atoms with Crippen molar-refractivity contribution in [2.75, 3.05) is 0 Å². The van der Waals surface area contributed by atoms with Gasteiger partial charge in [0.25, 0.3) is 5.69 Å². The number of nitrogens with zero attached hydrogens (tertiary/aromatic N) is 1. The van der Waals surface area contributed by atoms with Crippen molar-refractivity contribution in [3.05, 3.63) is 105 Å². The van der Waals surface area contributed by atoms with Crippen LogP contribution in [0.5, 0.6) is 5.75 Å². The van der Waals surface area contributed by atoms with Gasteiger partial charge in [-0.05, 0) is 61.5 Å². The highest BCUT2D eigenvalue weighted by Gasteiger charge is 2.24. The summed E-state index contributed by atoms with van der Waals surface area (Å²) < 4.78 is 18.2. The summed E-state index contributed by atoms with van der Waals surface area (Å²) in [7, 11) is 0. The Morgan fingerprint density at radius 1 is 0.929 bits per heavy atom. The fraction of sp³-hybridized carbons (Fsp3) is 0.0476. The van der Waals surface area contributed by atoms with Crippen LogP contribution in [0.1, 0.15) is 31.8 Å². The van der Waals surface area contributed by atoms with Gasteiger partial charge in [0.05, 0.1) is 4.92 Å². The quantitative estimate of drug-likeness (QED) is 0.214. The average molecular weight is 379 g/mol. The molecule has 6 nitrogen and oxygen atoms in total. The second-order valence-electron chi connectivity index (χ2n) is 5.98. The first-order chi connectivity index (χ1) is 13.4. The fourth-order valence-corrected chi connectivity index (χ4v) is 2.67. The number of benzene rings is 3. The largest absolute Gasteiger partial charge is 0.423 e. The van der Waals surface area contributed by atoms with Crippen molar-refractivity contribution in [2.24, 2.45) is 0 Å². The number of carbonyl (C=O) groups is 2. The molecule has 0 spiro atoms. The monoisotopic (exact) mass is 379 g/mol. The third-order valence-corrected chi connectivity index (χ3v) is 4.07. The van der Waals surface area contributed by atoms with Crippen LogP contribution in [0.25, 0.3) is 0 Å². The molecule has 0 amide bonds. The number of esters is 1. The minimum atomic E-state index is -0.868. The van der Waals surface area contributed by atoms with Crippen molar-refractivity contribution < 1.29 is 23.6 Å². The van der Waals surface area contributed by atoms with Crippen molar-refractivity contribution >= 4 is 17.4 Å². The highest BCUT2D eigenvalue weighted by Crippen LogP contribution is 2.25. The van der Waals surface area contributed by atoms with Gasteiger partial charge in [0.2, 0.25) is 0 Å². The van der Waals surface area contributed by atoms with Gasteiger partial charge in [0.15, 0.2) is 5.78 Å². The van der Waals surface area contributed by atoms with Crippen LogP contribution in [0.2, 0.25) is 0 Å². The van der Waals surface area contributed by atoms with E-state index >= 15 is 0 Å². The van der Waals surface area contributed by atoms with Gasteiger partial charge in [0.1, 0.15) is 17.1 Å². The van der Waals surface area contributed by atoms with E-state index in [0.717, 1.165) is 0 Å². The van der Waals surface area contributed by atoms with E-state index in [9.17, 15) is 24.1 Å². The molecule has 0 aliphatic heterocycles. The molecule has 0 radical (unpaired) electrons. The van der Waals surface area contributed by atoms with E-state index in [1.54, 1.807) is 0 Å². The number of ether oxygens (including phenoxy) is 1. The van der Waals surface area contributed by atoms with Crippen molar-refractivity contribution in [3.8, 4) is 5.75 Å². The summed E-state index contributed by atoms with van der Waals surface area (Å²) in [5.74, 6) is -1.49. The van der Waals surface area contributed by atoms with Crippen LogP contribution >= 0.6 is 0 Å². The van der Waals surface area contributed by atoms with Gasteiger partial charge in [-0.25, -0.2) is 9.18 Å². The van der Waals surface area contributed by atoms with E-state index in [4.69, 9.17) is 4.74 Å². The Hall–Kier alpha value is -3.87. The van der Waals surface area contributed by atoms with Crippen molar-refractivity contribution in [3.63, 3.8) is 0 Å². The second-order valence-corrected chi connectivity index (χ2v) is 5.98. The standard InChI is InChI=1S/C21H14FNO5/c1-13-3-2-4-18(19(13)23(26)27)21(25)28-17-11-7-15(8-12-17)20(24)14-5-9-16(22)10-6-14/h2-12H,1H3. The number of nitro groups is 1. The molecule has 7 heteroatoms. The summed E-state index contributed by atoms with van der Waals surface area (Å²) in [4.78, 5) is 35.3. The summed E-state index contributed by atoms with van der Waals surface area (Å²) in [6, 6.07) is 15.3. The second kappa shape index (κ2) is 7.79. The molecule has 140 valence electrons. The summed E-state index contributed by atoms with van der Waals surface area (Å²) in [6.07, 6.45) is 0. The Bertz CT molecular complexity index is 1060. The number of para-hydroxylation sites is 1. The van der Waals surface area contributed by atoms with Gasteiger partial charge in [-0.3, -0.25) is 14.9 Å². The summed E-state index contributed by atoms with van der Waals surface area (Å²) >= 11 is 0. The molecule has 0 atom stereocenters. The molecule has 3 aromatic carbocycles. The van der Waals surface area contributed by atoms with Gasteiger partial charge < -0.3 is 4.74 Å². The number of hydrogen-bond donors (Lipinski definition) is 0. The molecule has 3 rings (SSSR count). The Kier molecular flexibility index (Phi) is 5.26. The zero-order chi connectivity index (χ0) is 20.3. The molecule has 0 aromatic heterocycles. The third-order valence-electron chi connectivity index (χ3n) is 4.07. The molecule has 0 fully saturated rings. The maximum absolute atomic E-state index is 13.0. The van der Waals surface area contributed by atoms with Gasteiger partial charge in [-0.2, -0.15) is 0 Å². The van der Waals surface area contributed by atoms with E-state index in [1.807, 2.05) is 0 Å². The highest BCUT2D eigenvalue weighted by molar-refractivity contribution is 6.09. The van der Waals surface area contributed by atoms with Crippen LogP contribution < -0.4 is 4.74 Å². The zero-order valence-corrected chi connectivity index (χ0v) is 14.7. The SMILES string of the molecule is Cc1cccc(C(=O)Oc2ccc(C(=O)c3ccc(F)cc3)cc2)c1[N+](=O)[O-]. The van der Waals surface area contributed by atoms with Crippen molar-refractivity contribution in [1.29, 1.82) is 0 Å². The van der Waals surface area contributed by atoms with E-state index in [-0.39, 0.29) is 22.8 Å². The van der Waals surface area contributed by atoms with E-state index in [2.05, 4.69) is 0 Å². The van der Waals surface area contributed by atoms with E-state index in [1.165, 1.54) is 73.7 Å². The molecule has 0 bridgehead atoms. The number of rotatable bonds is 5. The normalized spacial score (nSPS) is 10.4. The molecule has 3 aromatic rings. The molecular weight excluding hydrogens is 365 g/mol. The van der Waals surface area contributed by atoms with Crippen LogP contribution in [0, 0.1) is 22.9 Å². The Labute approximate surface area is 159 Å². The maximum atomic E-state index is 13.0. The Balaban J connectivity index is 1.79. The lowest BCUT2D eigenvalue weighted by Crippen LogP contribution is -2.12. The molecule has 0 saturated heterocycles. The number of hydrogen-bond acceptors (Lipinski definition) is 5. The molecule has 0 saturated carbocycles.